The van der Waals surface area contributed by atoms with Crippen LogP contribution in [0.3, 0.4) is 0 Å². The maximum atomic E-state index is 15.3. The second-order valence-electron chi connectivity index (χ2n) is 10.2. The highest BCUT2D eigenvalue weighted by Gasteiger charge is 2.51. The van der Waals surface area contributed by atoms with E-state index in [9.17, 15) is 4.79 Å². The molecule has 0 unspecified atom stereocenters. The van der Waals surface area contributed by atoms with Crippen molar-refractivity contribution in [1.29, 1.82) is 0 Å². The zero-order valence-corrected chi connectivity index (χ0v) is 21.2. The summed E-state index contributed by atoms with van der Waals surface area (Å²) < 4.78 is 42.1. The molecule has 0 bridgehead atoms. The van der Waals surface area contributed by atoms with Gasteiger partial charge in [0.15, 0.2) is 0 Å². The summed E-state index contributed by atoms with van der Waals surface area (Å²) in [6, 6.07) is 30.5. The van der Waals surface area contributed by atoms with E-state index in [1.807, 2.05) is 65.6 Å². The normalized spacial score (nSPS) is 15.7. The van der Waals surface area contributed by atoms with Gasteiger partial charge in [0.2, 0.25) is 0 Å². The highest BCUT2D eigenvalue weighted by atomic mass is 19.1. The molecule has 0 amide bonds. The number of esters is 1. The van der Waals surface area contributed by atoms with Crippen LogP contribution in [0.15, 0.2) is 103 Å². The maximum absolute atomic E-state index is 15.3. The zero-order valence-electron chi connectivity index (χ0n) is 21.2. The van der Waals surface area contributed by atoms with Gasteiger partial charge in [0.1, 0.15) is 23.1 Å². The quantitative estimate of drug-likeness (QED) is 0.202. The highest BCUT2D eigenvalue weighted by molar-refractivity contribution is 5.95. The van der Waals surface area contributed by atoms with Crippen molar-refractivity contribution in [2.24, 2.45) is 0 Å². The number of carbonyl (C=O) groups excluding carboxylic acids is 1. The predicted molar refractivity (Wildman–Crippen MR) is 147 cm³/mol. The number of halogens is 2. The SMILES string of the molecule is O=C1OCCc2cc(N3c4ccc(F)cc4C4(c5ccccc5Oc5ccccc54)c4cc(F)ccc43)ccc21. The van der Waals surface area contributed by atoms with Gasteiger partial charge in [0.25, 0.3) is 0 Å². The van der Waals surface area contributed by atoms with Gasteiger partial charge in [0, 0.05) is 23.2 Å². The summed E-state index contributed by atoms with van der Waals surface area (Å²) in [4.78, 5) is 14.4. The molecule has 6 heteroatoms. The molecule has 194 valence electrons. The van der Waals surface area contributed by atoms with E-state index in [1.165, 1.54) is 12.1 Å². The molecule has 3 aliphatic rings. The van der Waals surface area contributed by atoms with Gasteiger partial charge in [-0.25, -0.2) is 13.6 Å². The molecule has 0 atom stereocenters. The van der Waals surface area contributed by atoms with E-state index in [0.717, 1.165) is 33.8 Å². The number of fused-ring (bicyclic) bond motifs is 9. The van der Waals surface area contributed by atoms with Crippen LogP contribution >= 0.6 is 0 Å². The van der Waals surface area contributed by atoms with Crippen molar-refractivity contribution >= 4 is 23.0 Å². The largest absolute Gasteiger partial charge is 0.462 e. The van der Waals surface area contributed by atoms with Crippen molar-refractivity contribution in [2.45, 2.75) is 11.8 Å². The maximum Gasteiger partial charge on any atom is 0.338 e. The molecule has 0 radical (unpaired) electrons. The molecule has 0 fully saturated rings. The van der Waals surface area contributed by atoms with Gasteiger partial charge in [-0.1, -0.05) is 36.4 Å². The number of nitrogens with zero attached hydrogens (tertiary/aromatic N) is 1. The first-order valence-electron chi connectivity index (χ1n) is 13.1. The Labute approximate surface area is 229 Å². The average molecular weight is 530 g/mol. The fourth-order valence-corrected chi connectivity index (χ4v) is 6.59. The number of anilines is 3. The molecule has 40 heavy (non-hydrogen) atoms. The van der Waals surface area contributed by atoms with E-state index in [2.05, 4.69) is 0 Å². The van der Waals surface area contributed by atoms with Crippen LogP contribution < -0.4 is 9.64 Å². The molecule has 5 aromatic rings. The van der Waals surface area contributed by atoms with Gasteiger partial charge in [-0.15, -0.1) is 0 Å². The number of hydrogen-bond donors (Lipinski definition) is 0. The van der Waals surface area contributed by atoms with Gasteiger partial charge < -0.3 is 14.4 Å². The molecular formula is C34H21F2NO3. The van der Waals surface area contributed by atoms with Gasteiger partial charge in [0.05, 0.1) is 29.0 Å². The number of hydrogen-bond acceptors (Lipinski definition) is 4. The van der Waals surface area contributed by atoms with Crippen LogP contribution in [0.5, 0.6) is 11.5 Å². The number of para-hydroxylation sites is 2. The van der Waals surface area contributed by atoms with Crippen LogP contribution in [0.2, 0.25) is 0 Å². The number of cyclic esters (lactones) is 1. The molecule has 8 rings (SSSR count). The fourth-order valence-electron chi connectivity index (χ4n) is 6.59. The van der Waals surface area contributed by atoms with E-state index in [0.29, 0.717) is 41.2 Å². The third-order valence-corrected chi connectivity index (χ3v) is 8.18. The lowest BCUT2D eigenvalue weighted by Crippen LogP contribution is -2.40. The lowest BCUT2D eigenvalue weighted by Gasteiger charge is -2.48. The molecule has 0 aromatic heterocycles. The van der Waals surface area contributed by atoms with Crippen LogP contribution in [0, 0.1) is 11.6 Å². The molecular weight excluding hydrogens is 508 g/mol. The first-order valence-corrected chi connectivity index (χ1v) is 13.1. The van der Waals surface area contributed by atoms with E-state index in [4.69, 9.17) is 9.47 Å². The molecule has 3 heterocycles. The standard InChI is InChI=1S/C34H21F2NO3/c35-21-9-13-29-27(18-21)34(25-5-1-3-7-31(25)40-32-8-4-2-6-26(32)34)28-19-22(36)10-14-30(28)37(29)23-11-12-24-20(17-23)15-16-39-33(24)38/h1-14,17-19H,15-16H2. The summed E-state index contributed by atoms with van der Waals surface area (Å²) in [5.74, 6) is 0.130. The lowest BCUT2D eigenvalue weighted by molar-refractivity contribution is 0.0480. The molecule has 0 aliphatic carbocycles. The monoisotopic (exact) mass is 529 g/mol. The number of ether oxygens (including phenoxy) is 2. The fraction of sp³-hybridized carbons (Fsp3) is 0.0882. The molecule has 5 aromatic carbocycles. The Hall–Kier alpha value is -4.97. The highest BCUT2D eigenvalue weighted by Crippen LogP contribution is 2.62. The van der Waals surface area contributed by atoms with E-state index >= 15 is 8.78 Å². The average Bonchev–Trinajstić information content (AvgIpc) is 2.97. The Morgan fingerprint density at radius 1 is 0.675 bits per heavy atom. The molecule has 1 spiro atoms. The zero-order chi connectivity index (χ0) is 27.0. The van der Waals surface area contributed by atoms with Gasteiger partial charge in [-0.05, 0) is 83.4 Å². The van der Waals surface area contributed by atoms with Crippen LogP contribution in [-0.4, -0.2) is 12.6 Å². The van der Waals surface area contributed by atoms with Crippen molar-refractivity contribution in [3.63, 3.8) is 0 Å². The summed E-state index contributed by atoms with van der Waals surface area (Å²) in [5.41, 5.74) is 5.62. The van der Waals surface area contributed by atoms with Crippen molar-refractivity contribution in [3.05, 3.63) is 148 Å². The third kappa shape index (κ3) is 3.01. The third-order valence-electron chi connectivity index (χ3n) is 8.18. The molecule has 0 saturated heterocycles. The summed E-state index contributed by atoms with van der Waals surface area (Å²) in [6.07, 6.45) is 0.595. The van der Waals surface area contributed by atoms with Crippen LogP contribution in [-0.2, 0) is 16.6 Å². The molecule has 4 nitrogen and oxygen atoms in total. The van der Waals surface area contributed by atoms with Gasteiger partial charge in [-0.3, -0.25) is 0 Å². The molecule has 0 N–H and O–H groups in total. The van der Waals surface area contributed by atoms with Crippen molar-refractivity contribution in [2.75, 3.05) is 11.5 Å². The second-order valence-corrected chi connectivity index (χ2v) is 10.2. The number of benzene rings is 5. The minimum atomic E-state index is -1.05. The predicted octanol–water partition coefficient (Wildman–Crippen LogP) is 7.95. The smallest absolute Gasteiger partial charge is 0.338 e. The minimum Gasteiger partial charge on any atom is -0.462 e. The van der Waals surface area contributed by atoms with E-state index < -0.39 is 17.0 Å². The first kappa shape index (κ1) is 23.0. The first-order chi connectivity index (χ1) is 19.6. The Morgan fingerprint density at radius 2 is 1.27 bits per heavy atom. The Kier molecular flexibility index (Phi) is 4.74. The van der Waals surface area contributed by atoms with Crippen LogP contribution in [0.25, 0.3) is 0 Å². The lowest BCUT2D eigenvalue weighted by atomic mass is 9.61. The van der Waals surface area contributed by atoms with Crippen molar-refractivity contribution < 1.29 is 23.0 Å². The van der Waals surface area contributed by atoms with Crippen molar-refractivity contribution in [1.82, 2.24) is 0 Å². The van der Waals surface area contributed by atoms with Gasteiger partial charge >= 0.3 is 5.97 Å². The van der Waals surface area contributed by atoms with E-state index in [-0.39, 0.29) is 5.97 Å². The Morgan fingerprint density at radius 3 is 1.90 bits per heavy atom. The second kappa shape index (κ2) is 8.26. The summed E-state index contributed by atoms with van der Waals surface area (Å²) >= 11 is 0. The number of rotatable bonds is 1. The summed E-state index contributed by atoms with van der Waals surface area (Å²) in [6.45, 7) is 0.315. The van der Waals surface area contributed by atoms with Crippen LogP contribution in [0.4, 0.5) is 25.8 Å². The van der Waals surface area contributed by atoms with Crippen LogP contribution in [0.1, 0.15) is 38.2 Å². The van der Waals surface area contributed by atoms with Crippen molar-refractivity contribution in [3.8, 4) is 11.5 Å². The summed E-state index contributed by atoms with van der Waals surface area (Å²) in [5, 5.41) is 0. The topological polar surface area (TPSA) is 38.8 Å². The Bertz CT molecular complexity index is 1780. The van der Waals surface area contributed by atoms with Gasteiger partial charge in [-0.2, -0.15) is 0 Å². The Balaban J connectivity index is 1.50. The minimum absolute atomic E-state index is 0.315. The number of carbonyl (C=O) groups is 1. The van der Waals surface area contributed by atoms with E-state index in [1.54, 1.807) is 30.3 Å². The molecule has 0 saturated carbocycles. The molecule has 3 aliphatic heterocycles. The summed E-state index contributed by atoms with van der Waals surface area (Å²) in [7, 11) is 0.